The topological polar surface area (TPSA) is 18.5 Å². The first-order valence-corrected chi connectivity index (χ1v) is 7.76. The smallest absolute Gasteiger partial charge is 0.157 e. The van der Waals surface area contributed by atoms with Crippen molar-refractivity contribution in [2.45, 2.75) is 70.5 Å². The van der Waals surface area contributed by atoms with Gasteiger partial charge in [0.05, 0.1) is 13.2 Å². The van der Waals surface area contributed by atoms with Crippen molar-refractivity contribution in [1.82, 2.24) is 0 Å². The molecule has 0 bridgehead atoms. The zero-order chi connectivity index (χ0) is 12.2. The van der Waals surface area contributed by atoms with E-state index in [1.54, 1.807) is 0 Å². The SMILES string of the molecule is ClCCCCCCCCCCCC1OCCO1. The number of hydrogen-bond donors (Lipinski definition) is 0. The Bertz CT molecular complexity index is 158. The van der Waals surface area contributed by atoms with Crippen LogP contribution in [0.4, 0.5) is 0 Å². The number of alkyl halides is 1. The maximum atomic E-state index is 5.63. The molecule has 0 unspecified atom stereocenters. The maximum Gasteiger partial charge on any atom is 0.157 e. The molecule has 102 valence electrons. The van der Waals surface area contributed by atoms with Crippen LogP contribution in [0.15, 0.2) is 0 Å². The molecule has 1 heterocycles. The molecule has 1 rings (SSSR count). The van der Waals surface area contributed by atoms with Crippen LogP contribution in [-0.2, 0) is 9.47 Å². The third kappa shape index (κ3) is 8.87. The van der Waals surface area contributed by atoms with E-state index in [1.807, 2.05) is 0 Å². The highest BCUT2D eigenvalue weighted by atomic mass is 35.5. The van der Waals surface area contributed by atoms with Crippen LogP contribution >= 0.6 is 11.6 Å². The molecular formula is C14H27ClO2. The van der Waals surface area contributed by atoms with Crippen LogP contribution in [0.2, 0.25) is 0 Å². The molecule has 0 aliphatic carbocycles. The molecule has 17 heavy (non-hydrogen) atoms. The van der Waals surface area contributed by atoms with Gasteiger partial charge >= 0.3 is 0 Å². The summed E-state index contributed by atoms with van der Waals surface area (Å²) in [5, 5.41) is 0. The summed E-state index contributed by atoms with van der Waals surface area (Å²) in [5.74, 6) is 0.825. The molecule has 1 fully saturated rings. The van der Waals surface area contributed by atoms with E-state index < -0.39 is 0 Å². The van der Waals surface area contributed by atoms with E-state index in [0.29, 0.717) is 0 Å². The Morgan fingerprint density at radius 3 is 1.71 bits per heavy atom. The predicted molar refractivity (Wildman–Crippen MR) is 72.6 cm³/mol. The molecule has 0 aromatic rings. The molecule has 0 aromatic carbocycles. The zero-order valence-corrected chi connectivity index (χ0v) is 11.7. The Labute approximate surface area is 111 Å². The minimum Gasteiger partial charge on any atom is -0.350 e. The van der Waals surface area contributed by atoms with E-state index in [0.717, 1.165) is 25.5 Å². The normalized spacial score (nSPS) is 16.8. The number of ether oxygens (including phenoxy) is 2. The maximum absolute atomic E-state index is 5.63. The molecule has 3 heteroatoms. The van der Waals surface area contributed by atoms with Crippen LogP contribution in [-0.4, -0.2) is 25.4 Å². The summed E-state index contributed by atoms with van der Waals surface area (Å²) in [6, 6.07) is 0. The third-order valence-electron chi connectivity index (χ3n) is 3.26. The first kappa shape index (κ1) is 15.3. The number of hydrogen-bond acceptors (Lipinski definition) is 2. The van der Waals surface area contributed by atoms with Crippen LogP contribution in [0.5, 0.6) is 0 Å². The van der Waals surface area contributed by atoms with E-state index in [2.05, 4.69) is 0 Å². The van der Waals surface area contributed by atoms with Gasteiger partial charge in [0.15, 0.2) is 6.29 Å². The summed E-state index contributed by atoms with van der Waals surface area (Å²) in [6.07, 6.45) is 13.1. The van der Waals surface area contributed by atoms with Crippen molar-refractivity contribution in [3.05, 3.63) is 0 Å². The van der Waals surface area contributed by atoms with Gasteiger partial charge in [-0.25, -0.2) is 0 Å². The molecule has 1 saturated heterocycles. The molecule has 0 radical (unpaired) electrons. The fraction of sp³-hybridized carbons (Fsp3) is 1.00. The first-order chi connectivity index (χ1) is 8.43. The van der Waals surface area contributed by atoms with Crippen molar-refractivity contribution in [3.8, 4) is 0 Å². The van der Waals surface area contributed by atoms with Crippen molar-refractivity contribution < 1.29 is 9.47 Å². The number of rotatable bonds is 11. The molecule has 0 aromatic heterocycles. The largest absolute Gasteiger partial charge is 0.350 e. The Morgan fingerprint density at radius 2 is 1.18 bits per heavy atom. The van der Waals surface area contributed by atoms with Crippen molar-refractivity contribution >= 4 is 11.6 Å². The van der Waals surface area contributed by atoms with Gasteiger partial charge in [0.1, 0.15) is 0 Å². The molecule has 2 nitrogen and oxygen atoms in total. The third-order valence-corrected chi connectivity index (χ3v) is 3.53. The molecule has 0 spiro atoms. The van der Waals surface area contributed by atoms with E-state index in [4.69, 9.17) is 21.1 Å². The van der Waals surface area contributed by atoms with Gasteiger partial charge in [0.25, 0.3) is 0 Å². The van der Waals surface area contributed by atoms with Gasteiger partial charge < -0.3 is 9.47 Å². The van der Waals surface area contributed by atoms with Gasteiger partial charge in [-0.2, -0.15) is 0 Å². The van der Waals surface area contributed by atoms with Gasteiger partial charge in [-0.1, -0.05) is 44.9 Å². The van der Waals surface area contributed by atoms with Gasteiger partial charge in [-0.3, -0.25) is 0 Å². The van der Waals surface area contributed by atoms with Gasteiger partial charge in [-0.15, -0.1) is 11.6 Å². The number of unbranched alkanes of at least 4 members (excludes halogenated alkanes) is 8. The minimum atomic E-state index is 0.102. The summed E-state index contributed by atoms with van der Waals surface area (Å²) in [6.45, 7) is 1.57. The lowest BCUT2D eigenvalue weighted by atomic mass is 10.1. The van der Waals surface area contributed by atoms with Crippen LogP contribution in [0.1, 0.15) is 64.2 Å². The van der Waals surface area contributed by atoms with Crippen molar-refractivity contribution in [2.75, 3.05) is 19.1 Å². The highest BCUT2D eigenvalue weighted by molar-refractivity contribution is 6.17. The Kier molecular flexibility index (Phi) is 10.2. The lowest BCUT2D eigenvalue weighted by Crippen LogP contribution is -2.06. The zero-order valence-electron chi connectivity index (χ0n) is 11.0. The van der Waals surface area contributed by atoms with E-state index >= 15 is 0 Å². The van der Waals surface area contributed by atoms with Crippen molar-refractivity contribution in [2.24, 2.45) is 0 Å². The Hall–Kier alpha value is 0.210. The predicted octanol–water partition coefficient (Wildman–Crippen LogP) is 4.50. The van der Waals surface area contributed by atoms with Crippen LogP contribution < -0.4 is 0 Å². The lowest BCUT2D eigenvalue weighted by Gasteiger charge is -2.08. The van der Waals surface area contributed by atoms with E-state index in [1.165, 1.54) is 57.8 Å². The standard InChI is InChI=1S/C14H27ClO2/c15-11-9-7-5-3-1-2-4-6-8-10-14-16-12-13-17-14/h14H,1-13H2. The second-order valence-corrected chi connectivity index (χ2v) is 5.21. The van der Waals surface area contributed by atoms with Crippen LogP contribution in [0.3, 0.4) is 0 Å². The molecule has 0 N–H and O–H groups in total. The first-order valence-electron chi connectivity index (χ1n) is 7.22. The number of halogens is 1. The van der Waals surface area contributed by atoms with Gasteiger partial charge in [0.2, 0.25) is 0 Å². The van der Waals surface area contributed by atoms with Crippen LogP contribution in [0.25, 0.3) is 0 Å². The molecule has 0 atom stereocenters. The molecule has 1 aliphatic rings. The molecule has 0 saturated carbocycles. The van der Waals surface area contributed by atoms with Crippen molar-refractivity contribution in [1.29, 1.82) is 0 Å². The summed E-state index contributed by atoms with van der Waals surface area (Å²) >= 11 is 5.63. The second-order valence-electron chi connectivity index (χ2n) is 4.83. The summed E-state index contributed by atoms with van der Waals surface area (Å²) in [5.41, 5.74) is 0. The summed E-state index contributed by atoms with van der Waals surface area (Å²) in [4.78, 5) is 0. The average Bonchev–Trinajstić information content (AvgIpc) is 2.85. The average molecular weight is 263 g/mol. The van der Waals surface area contributed by atoms with Crippen molar-refractivity contribution in [3.63, 3.8) is 0 Å². The quantitative estimate of drug-likeness (QED) is 0.403. The highest BCUT2D eigenvalue weighted by Crippen LogP contribution is 2.15. The summed E-state index contributed by atoms with van der Waals surface area (Å²) < 4.78 is 10.8. The Balaban J connectivity index is 1.69. The van der Waals surface area contributed by atoms with E-state index in [9.17, 15) is 0 Å². The summed E-state index contributed by atoms with van der Waals surface area (Å²) in [7, 11) is 0. The minimum absolute atomic E-state index is 0.102. The lowest BCUT2D eigenvalue weighted by molar-refractivity contribution is -0.0480. The highest BCUT2D eigenvalue weighted by Gasteiger charge is 2.14. The molecule has 1 aliphatic heterocycles. The molecular weight excluding hydrogens is 236 g/mol. The van der Waals surface area contributed by atoms with Crippen LogP contribution in [0, 0.1) is 0 Å². The fourth-order valence-electron chi connectivity index (χ4n) is 2.22. The molecule has 0 amide bonds. The van der Waals surface area contributed by atoms with Gasteiger partial charge in [0, 0.05) is 5.88 Å². The fourth-order valence-corrected chi connectivity index (χ4v) is 2.41. The second kappa shape index (κ2) is 11.3. The Morgan fingerprint density at radius 1 is 0.706 bits per heavy atom. The van der Waals surface area contributed by atoms with Gasteiger partial charge in [-0.05, 0) is 19.3 Å². The van der Waals surface area contributed by atoms with E-state index in [-0.39, 0.29) is 6.29 Å². The monoisotopic (exact) mass is 262 g/mol.